The van der Waals surface area contributed by atoms with Gasteiger partial charge in [0.1, 0.15) is 18.5 Å². The Bertz CT molecular complexity index is 496. The van der Waals surface area contributed by atoms with E-state index in [9.17, 15) is 9.50 Å². The van der Waals surface area contributed by atoms with Crippen molar-refractivity contribution in [1.29, 1.82) is 0 Å². The van der Waals surface area contributed by atoms with Gasteiger partial charge in [0.05, 0.1) is 7.11 Å². The molecule has 0 aliphatic carbocycles. The molecule has 0 radical (unpaired) electrons. The summed E-state index contributed by atoms with van der Waals surface area (Å²) in [4.78, 5) is 0. The number of fused-ring (bicyclic) bond motifs is 1. The molecule has 1 N–H and O–H groups in total. The highest BCUT2D eigenvalue weighted by molar-refractivity contribution is 5.84. The minimum atomic E-state index is -1.04. The van der Waals surface area contributed by atoms with E-state index in [4.69, 9.17) is 4.74 Å². The van der Waals surface area contributed by atoms with Crippen LogP contribution in [0.4, 0.5) is 4.39 Å². The Kier molecular flexibility index (Phi) is 3.06. The number of hydrogen-bond donors (Lipinski definition) is 1. The molecule has 16 heavy (non-hydrogen) atoms. The molecular weight excluding hydrogens is 207 g/mol. The van der Waals surface area contributed by atoms with Crippen molar-refractivity contribution in [3.63, 3.8) is 0 Å². The molecule has 0 aromatic heterocycles. The van der Waals surface area contributed by atoms with E-state index in [0.29, 0.717) is 5.56 Å². The SMILES string of the molecule is COc1ccc2cc(C(O)CF)ccc2c1. The zero-order chi connectivity index (χ0) is 11.5. The average Bonchev–Trinajstić information content (AvgIpc) is 2.36. The van der Waals surface area contributed by atoms with Crippen LogP contribution >= 0.6 is 0 Å². The Morgan fingerprint density at radius 2 is 1.88 bits per heavy atom. The van der Waals surface area contributed by atoms with Crippen LogP contribution < -0.4 is 4.74 Å². The molecule has 0 amide bonds. The second kappa shape index (κ2) is 4.49. The molecule has 2 rings (SSSR count). The standard InChI is InChI=1S/C13H13FO2/c1-16-12-5-4-9-6-11(13(15)8-14)3-2-10(9)7-12/h2-7,13,15H,8H2,1H3. The third-order valence-corrected chi connectivity index (χ3v) is 2.60. The third-order valence-electron chi connectivity index (χ3n) is 2.60. The van der Waals surface area contributed by atoms with Crippen molar-refractivity contribution in [2.75, 3.05) is 13.8 Å². The van der Waals surface area contributed by atoms with Crippen molar-refractivity contribution in [3.8, 4) is 5.75 Å². The zero-order valence-corrected chi connectivity index (χ0v) is 8.98. The van der Waals surface area contributed by atoms with Crippen LogP contribution in [-0.2, 0) is 0 Å². The summed E-state index contributed by atoms with van der Waals surface area (Å²) >= 11 is 0. The van der Waals surface area contributed by atoms with Crippen LogP contribution in [0.5, 0.6) is 5.75 Å². The Labute approximate surface area is 93.3 Å². The molecule has 1 unspecified atom stereocenters. The number of aliphatic hydroxyl groups excluding tert-OH is 1. The number of hydrogen-bond acceptors (Lipinski definition) is 2. The van der Waals surface area contributed by atoms with Crippen LogP contribution in [-0.4, -0.2) is 18.9 Å². The molecule has 0 heterocycles. The highest BCUT2D eigenvalue weighted by atomic mass is 19.1. The minimum absolute atomic E-state index is 0.597. The topological polar surface area (TPSA) is 29.5 Å². The second-order valence-corrected chi connectivity index (χ2v) is 3.64. The van der Waals surface area contributed by atoms with E-state index in [1.54, 1.807) is 19.2 Å². The lowest BCUT2D eigenvalue weighted by Gasteiger charge is -2.08. The lowest BCUT2D eigenvalue weighted by Crippen LogP contribution is -1.98. The van der Waals surface area contributed by atoms with Crippen molar-refractivity contribution >= 4 is 10.8 Å². The van der Waals surface area contributed by atoms with Gasteiger partial charge in [-0.2, -0.15) is 0 Å². The molecular formula is C13H13FO2. The summed E-state index contributed by atoms with van der Waals surface area (Å²) in [5.41, 5.74) is 0.597. The van der Waals surface area contributed by atoms with Crippen LogP contribution in [0.25, 0.3) is 10.8 Å². The van der Waals surface area contributed by atoms with Gasteiger partial charge in [-0.05, 0) is 34.5 Å². The van der Waals surface area contributed by atoms with Crippen LogP contribution in [0.15, 0.2) is 36.4 Å². The number of methoxy groups -OCH3 is 1. The van der Waals surface area contributed by atoms with Gasteiger partial charge in [-0.25, -0.2) is 4.39 Å². The maximum Gasteiger partial charge on any atom is 0.119 e. The zero-order valence-electron chi connectivity index (χ0n) is 8.98. The lowest BCUT2D eigenvalue weighted by molar-refractivity contribution is 0.142. The molecule has 3 heteroatoms. The molecule has 1 atom stereocenters. The molecule has 0 aliphatic rings. The smallest absolute Gasteiger partial charge is 0.119 e. The number of benzene rings is 2. The number of rotatable bonds is 3. The van der Waals surface area contributed by atoms with E-state index in [1.807, 2.05) is 24.3 Å². The van der Waals surface area contributed by atoms with Crippen molar-refractivity contribution in [3.05, 3.63) is 42.0 Å². The van der Waals surface area contributed by atoms with E-state index >= 15 is 0 Å². The summed E-state index contributed by atoms with van der Waals surface area (Å²) in [5, 5.41) is 11.4. The fraction of sp³-hybridized carbons (Fsp3) is 0.231. The van der Waals surface area contributed by atoms with Crippen molar-refractivity contribution in [2.45, 2.75) is 6.10 Å². The van der Waals surface area contributed by atoms with Crippen LogP contribution in [0.3, 0.4) is 0 Å². The van der Waals surface area contributed by atoms with Gasteiger partial charge in [0.2, 0.25) is 0 Å². The molecule has 2 nitrogen and oxygen atoms in total. The van der Waals surface area contributed by atoms with Gasteiger partial charge in [-0.1, -0.05) is 18.2 Å². The predicted octanol–water partition coefficient (Wildman–Crippen LogP) is 2.85. The minimum Gasteiger partial charge on any atom is -0.497 e. The average molecular weight is 220 g/mol. The Morgan fingerprint density at radius 1 is 1.19 bits per heavy atom. The Hall–Kier alpha value is -1.61. The van der Waals surface area contributed by atoms with Gasteiger partial charge < -0.3 is 9.84 Å². The van der Waals surface area contributed by atoms with E-state index < -0.39 is 12.8 Å². The second-order valence-electron chi connectivity index (χ2n) is 3.64. The van der Waals surface area contributed by atoms with E-state index in [1.165, 1.54) is 0 Å². The molecule has 2 aromatic carbocycles. The number of alkyl halides is 1. The van der Waals surface area contributed by atoms with Gasteiger partial charge in [-0.3, -0.25) is 0 Å². The summed E-state index contributed by atoms with van der Waals surface area (Å²) in [6.45, 7) is -0.762. The first kappa shape index (κ1) is 10.9. The van der Waals surface area contributed by atoms with Crippen LogP contribution in [0.1, 0.15) is 11.7 Å². The Balaban J connectivity index is 2.47. The monoisotopic (exact) mass is 220 g/mol. The van der Waals surface area contributed by atoms with Gasteiger partial charge in [0.25, 0.3) is 0 Å². The van der Waals surface area contributed by atoms with Gasteiger partial charge in [-0.15, -0.1) is 0 Å². The lowest BCUT2D eigenvalue weighted by atomic mass is 10.0. The van der Waals surface area contributed by atoms with Crippen molar-refractivity contribution < 1.29 is 14.2 Å². The summed E-state index contributed by atoms with van der Waals surface area (Å²) in [7, 11) is 1.61. The van der Waals surface area contributed by atoms with Gasteiger partial charge >= 0.3 is 0 Å². The number of aliphatic hydroxyl groups is 1. The molecule has 0 fully saturated rings. The summed E-state index contributed by atoms with van der Waals surface area (Å²) in [5.74, 6) is 0.784. The fourth-order valence-corrected chi connectivity index (χ4v) is 1.67. The maximum atomic E-state index is 12.3. The van der Waals surface area contributed by atoms with Crippen LogP contribution in [0, 0.1) is 0 Å². The molecule has 2 aromatic rings. The third kappa shape index (κ3) is 1.99. The molecule has 0 saturated carbocycles. The van der Waals surface area contributed by atoms with E-state index in [0.717, 1.165) is 16.5 Å². The van der Waals surface area contributed by atoms with Gasteiger partial charge in [0, 0.05) is 0 Å². The quantitative estimate of drug-likeness (QED) is 0.861. The molecule has 0 bridgehead atoms. The van der Waals surface area contributed by atoms with Gasteiger partial charge in [0.15, 0.2) is 0 Å². The first-order valence-electron chi connectivity index (χ1n) is 5.06. The van der Waals surface area contributed by atoms with Crippen molar-refractivity contribution in [1.82, 2.24) is 0 Å². The first-order chi connectivity index (χ1) is 7.74. The normalized spacial score (nSPS) is 12.7. The van der Waals surface area contributed by atoms with E-state index in [2.05, 4.69) is 0 Å². The first-order valence-corrected chi connectivity index (χ1v) is 5.06. The maximum absolute atomic E-state index is 12.3. The predicted molar refractivity (Wildman–Crippen MR) is 61.4 cm³/mol. The Morgan fingerprint density at radius 3 is 2.56 bits per heavy atom. The van der Waals surface area contributed by atoms with E-state index in [-0.39, 0.29) is 0 Å². The number of ether oxygens (including phenoxy) is 1. The number of halogens is 1. The fourth-order valence-electron chi connectivity index (χ4n) is 1.67. The molecule has 0 saturated heterocycles. The molecule has 84 valence electrons. The highest BCUT2D eigenvalue weighted by Crippen LogP contribution is 2.24. The summed E-state index contributed by atoms with van der Waals surface area (Å²) in [6, 6.07) is 11.0. The molecule has 0 aliphatic heterocycles. The summed E-state index contributed by atoms with van der Waals surface area (Å²) < 4.78 is 17.4. The largest absolute Gasteiger partial charge is 0.497 e. The van der Waals surface area contributed by atoms with Crippen LogP contribution in [0.2, 0.25) is 0 Å². The molecule has 0 spiro atoms. The van der Waals surface area contributed by atoms with Crippen molar-refractivity contribution in [2.24, 2.45) is 0 Å². The highest BCUT2D eigenvalue weighted by Gasteiger charge is 2.07. The summed E-state index contributed by atoms with van der Waals surface area (Å²) in [6.07, 6.45) is -1.04.